The van der Waals surface area contributed by atoms with Gasteiger partial charge in [-0.1, -0.05) is 176 Å². The van der Waals surface area contributed by atoms with Crippen LogP contribution in [0, 0.1) is 6.57 Å². The Labute approximate surface area is 319 Å². The van der Waals surface area contributed by atoms with Crippen molar-refractivity contribution in [2.75, 3.05) is 0 Å². The lowest BCUT2D eigenvalue weighted by Gasteiger charge is -2.34. The second-order valence-electron chi connectivity index (χ2n) is 13.9. The molecule has 1 heterocycles. The van der Waals surface area contributed by atoms with Crippen molar-refractivity contribution in [3.05, 3.63) is 228 Å². The lowest BCUT2D eigenvalue weighted by molar-refractivity contribution is 0.769. The second kappa shape index (κ2) is 13.2. The van der Waals surface area contributed by atoms with Crippen LogP contribution < -0.4 is 0 Å². The maximum absolute atomic E-state index is 8.16. The van der Waals surface area contributed by atoms with Crippen LogP contribution in [-0.4, -0.2) is 15.0 Å². The Bertz CT molecular complexity index is 2890. The molecule has 0 saturated carbocycles. The van der Waals surface area contributed by atoms with E-state index in [1.165, 1.54) is 5.39 Å². The highest BCUT2D eigenvalue weighted by Crippen LogP contribution is 2.59. The molecule has 0 bridgehead atoms. The lowest BCUT2D eigenvalue weighted by atomic mass is 9.67. The van der Waals surface area contributed by atoms with Crippen molar-refractivity contribution in [1.29, 1.82) is 0 Å². The van der Waals surface area contributed by atoms with Crippen molar-refractivity contribution in [3.8, 4) is 56.4 Å². The first-order valence-electron chi connectivity index (χ1n) is 18.4. The molecule has 4 heteroatoms. The summed E-state index contributed by atoms with van der Waals surface area (Å²) in [4.78, 5) is 19.2. The fourth-order valence-corrected chi connectivity index (χ4v) is 8.31. The fraction of sp³-hybridized carbons (Fsp3) is 0.0196. The highest BCUT2D eigenvalue weighted by molar-refractivity contribution is 5.95. The molecule has 0 radical (unpaired) electrons. The fourth-order valence-electron chi connectivity index (χ4n) is 8.31. The van der Waals surface area contributed by atoms with E-state index in [0.717, 1.165) is 66.6 Å². The van der Waals surface area contributed by atoms with Crippen LogP contribution in [0.4, 0.5) is 5.69 Å². The first-order valence-corrected chi connectivity index (χ1v) is 18.4. The first-order chi connectivity index (χ1) is 27.2. The summed E-state index contributed by atoms with van der Waals surface area (Å²) in [5.41, 5.74) is 11.6. The highest BCUT2D eigenvalue weighted by atomic mass is 15.0. The number of fused-ring (bicyclic) bond motifs is 4. The van der Waals surface area contributed by atoms with Gasteiger partial charge in [-0.25, -0.2) is 19.8 Å². The molecule has 0 amide bonds. The van der Waals surface area contributed by atoms with Crippen LogP contribution >= 0.6 is 0 Å². The summed E-state index contributed by atoms with van der Waals surface area (Å²) in [5.74, 6) is 1.86. The number of aromatic nitrogens is 3. The Morgan fingerprint density at radius 2 is 0.909 bits per heavy atom. The van der Waals surface area contributed by atoms with Crippen molar-refractivity contribution in [2.45, 2.75) is 5.41 Å². The first kappa shape index (κ1) is 32.2. The number of hydrogen-bond acceptors (Lipinski definition) is 3. The molecular weight excluding hydrogens is 669 g/mol. The zero-order valence-corrected chi connectivity index (χ0v) is 29.8. The molecule has 0 saturated heterocycles. The van der Waals surface area contributed by atoms with Crippen molar-refractivity contribution in [3.63, 3.8) is 0 Å². The standard InChI is InChI=1S/C51H32N4/c1-52-46-26-14-25-44-47(46)43-30-29-38(33-45(43)51(44,41-21-7-3-8-22-41)42-23-9-4-10-24-42)37-19-13-20-39(32-37)49-53-48(35-16-5-2-6-17-35)54-50(55-49)40-28-27-34-15-11-12-18-36(34)31-40/h2-33H. The van der Waals surface area contributed by atoms with Gasteiger partial charge in [0.15, 0.2) is 23.2 Å². The average Bonchev–Trinajstić information content (AvgIpc) is 3.57. The Balaban J connectivity index is 1.16. The quantitative estimate of drug-likeness (QED) is 0.162. The molecule has 0 fully saturated rings. The summed E-state index contributed by atoms with van der Waals surface area (Å²) in [5, 5.41) is 2.30. The molecule has 0 spiro atoms. The smallest absolute Gasteiger partial charge is 0.195 e. The third-order valence-corrected chi connectivity index (χ3v) is 10.8. The van der Waals surface area contributed by atoms with E-state index in [9.17, 15) is 0 Å². The predicted molar refractivity (Wildman–Crippen MR) is 223 cm³/mol. The highest BCUT2D eigenvalue weighted by Gasteiger charge is 2.46. The minimum atomic E-state index is -0.616. The summed E-state index contributed by atoms with van der Waals surface area (Å²) in [7, 11) is 0. The number of rotatable bonds is 6. The summed E-state index contributed by atoms with van der Waals surface area (Å²) in [6, 6.07) is 67.5. The van der Waals surface area contributed by atoms with Gasteiger partial charge in [-0.15, -0.1) is 0 Å². The Hall–Kier alpha value is -7.48. The molecule has 1 aliphatic rings. The molecule has 1 aliphatic carbocycles. The largest absolute Gasteiger partial charge is 0.238 e. The molecular formula is C51H32N4. The van der Waals surface area contributed by atoms with E-state index in [1.807, 2.05) is 42.5 Å². The van der Waals surface area contributed by atoms with E-state index in [0.29, 0.717) is 23.2 Å². The van der Waals surface area contributed by atoms with Gasteiger partial charge < -0.3 is 0 Å². The van der Waals surface area contributed by atoms with E-state index in [4.69, 9.17) is 21.5 Å². The third kappa shape index (κ3) is 5.33. The van der Waals surface area contributed by atoms with Gasteiger partial charge in [0.05, 0.1) is 12.0 Å². The second-order valence-corrected chi connectivity index (χ2v) is 13.9. The molecule has 0 unspecified atom stereocenters. The van der Waals surface area contributed by atoms with E-state index in [2.05, 4.69) is 157 Å². The predicted octanol–water partition coefficient (Wildman–Crippen LogP) is 12.6. The van der Waals surface area contributed by atoms with Crippen molar-refractivity contribution < 1.29 is 0 Å². The van der Waals surface area contributed by atoms with Gasteiger partial charge in [-0.05, 0) is 73.5 Å². The van der Waals surface area contributed by atoms with Crippen LogP contribution in [0.5, 0.6) is 0 Å². The van der Waals surface area contributed by atoms with Crippen LogP contribution in [0.3, 0.4) is 0 Å². The van der Waals surface area contributed by atoms with Crippen LogP contribution in [0.15, 0.2) is 194 Å². The maximum atomic E-state index is 8.16. The summed E-state index contributed by atoms with van der Waals surface area (Å²) in [6.07, 6.45) is 0. The van der Waals surface area contributed by atoms with Crippen molar-refractivity contribution in [2.24, 2.45) is 0 Å². The van der Waals surface area contributed by atoms with E-state index in [-0.39, 0.29) is 0 Å². The third-order valence-electron chi connectivity index (χ3n) is 10.8. The number of benzene rings is 8. The molecule has 4 nitrogen and oxygen atoms in total. The van der Waals surface area contributed by atoms with Crippen LogP contribution in [0.2, 0.25) is 0 Å². The molecule has 0 atom stereocenters. The van der Waals surface area contributed by atoms with Crippen molar-refractivity contribution in [1.82, 2.24) is 15.0 Å². The van der Waals surface area contributed by atoms with Gasteiger partial charge in [0.1, 0.15) is 0 Å². The molecule has 256 valence electrons. The Morgan fingerprint density at radius 3 is 1.60 bits per heavy atom. The minimum Gasteiger partial charge on any atom is -0.238 e. The lowest BCUT2D eigenvalue weighted by Crippen LogP contribution is -2.28. The number of hydrogen-bond donors (Lipinski definition) is 0. The maximum Gasteiger partial charge on any atom is 0.195 e. The number of nitrogens with zero attached hydrogens (tertiary/aromatic N) is 4. The summed E-state index contributed by atoms with van der Waals surface area (Å²) < 4.78 is 0. The SMILES string of the molecule is [C-]#[N+]c1cccc2c1-c1ccc(-c3cccc(-c4nc(-c5ccccc5)nc(-c5ccc6ccccc6c5)n4)c3)cc1C2(c1ccccc1)c1ccccc1. The molecule has 0 aliphatic heterocycles. The molecule has 55 heavy (non-hydrogen) atoms. The van der Waals surface area contributed by atoms with Gasteiger partial charge in [-0.3, -0.25) is 0 Å². The Kier molecular flexibility index (Phi) is 7.71. The van der Waals surface area contributed by atoms with Gasteiger partial charge in [0.2, 0.25) is 0 Å². The Morgan fingerprint density at radius 1 is 0.382 bits per heavy atom. The summed E-state index contributed by atoms with van der Waals surface area (Å²) in [6.45, 7) is 8.16. The molecule has 8 aromatic carbocycles. The van der Waals surface area contributed by atoms with E-state index < -0.39 is 5.41 Å². The van der Waals surface area contributed by atoms with Crippen LogP contribution in [-0.2, 0) is 5.41 Å². The zero-order chi connectivity index (χ0) is 36.8. The molecule has 0 N–H and O–H groups in total. The van der Waals surface area contributed by atoms with Crippen LogP contribution in [0.25, 0.3) is 72.0 Å². The molecule has 1 aromatic heterocycles. The topological polar surface area (TPSA) is 43.0 Å². The minimum absolute atomic E-state index is 0.608. The van der Waals surface area contributed by atoms with Gasteiger partial charge in [-0.2, -0.15) is 0 Å². The summed E-state index contributed by atoms with van der Waals surface area (Å²) >= 11 is 0. The zero-order valence-electron chi connectivity index (χ0n) is 29.8. The van der Waals surface area contributed by atoms with Gasteiger partial charge >= 0.3 is 0 Å². The van der Waals surface area contributed by atoms with Gasteiger partial charge in [0, 0.05) is 16.7 Å². The van der Waals surface area contributed by atoms with E-state index >= 15 is 0 Å². The van der Waals surface area contributed by atoms with Crippen molar-refractivity contribution >= 4 is 16.5 Å². The monoisotopic (exact) mass is 700 g/mol. The van der Waals surface area contributed by atoms with Gasteiger partial charge in [0.25, 0.3) is 0 Å². The normalized spacial score (nSPS) is 12.5. The average molecular weight is 701 g/mol. The molecule has 9 aromatic rings. The van der Waals surface area contributed by atoms with Crippen LogP contribution in [0.1, 0.15) is 22.3 Å². The molecule has 10 rings (SSSR count). The van der Waals surface area contributed by atoms with E-state index in [1.54, 1.807) is 0 Å².